The van der Waals surface area contributed by atoms with Crippen LogP contribution in [0.1, 0.15) is 72.6 Å². The van der Waals surface area contributed by atoms with Crippen LogP contribution in [0.25, 0.3) is 0 Å². The summed E-state index contributed by atoms with van der Waals surface area (Å²) in [5, 5.41) is 8.53. The van der Waals surface area contributed by atoms with Crippen molar-refractivity contribution >= 4 is 88.0 Å². The smallest absolute Gasteiger partial charge is 0.330 e. The summed E-state index contributed by atoms with van der Waals surface area (Å²) in [6, 6.07) is 0. The predicted molar refractivity (Wildman–Crippen MR) is 329 cm³/mol. The Labute approximate surface area is 557 Å². The Bertz CT molecular complexity index is 3420. The van der Waals surface area contributed by atoms with Gasteiger partial charge in [-0.15, -0.1) is 0 Å². The molecule has 4 amide bonds. The van der Waals surface area contributed by atoms with E-state index < -0.39 is 127 Å². The van der Waals surface area contributed by atoms with Crippen molar-refractivity contribution in [2.45, 2.75) is 142 Å². The zero-order valence-corrected chi connectivity index (χ0v) is 56.8. The number of carbonyl (C=O) groups excluding carboxylic acids is 8. The van der Waals surface area contributed by atoms with E-state index in [1.807, 2.05) is 20.8 Å². The quantitative estimate of drug-likeness (QED) is 0.0236. The molecule has 8 aliphatic carbocycles. The monoisotopic (exact) mass is 1440 g/mol. The van der Waals surface area contributed by atoms with Gasteiger partial charge in [0, 0.05) is 47.5 Å². The lowest BCUT2D eigenvalue weighted by Gasteiger charge is -2.33. The number of hydrogen-bond acceptors (Lipinski definition) is 28. The van der Waals surface area contributed by atoms with Gasteiger partial charge in [0.15, 0.2) is 0 Å². The summed E-state index contributed by atoms with van der Waals surface area (Å²) in [5.74, 6) is -3.45. The van der Waals surface area contributed by atoms with Crippen molar-refractivity contribution in [1.29, 1.82) is 0 Å². The number of hydrogen-bond donors (Lipinski definition) is 4. The van der Waals surface area contributed by atoms with Crippen LogP contribution in [0.3, 0.4) is 0 Å². The summed E-state index contributed by atoms with van der Waals surface area (Å²) in [6.07, 6.45) is 5.74. The maximum Gasteiger partial charge on any atom is 0.330 e. The summed E-state index contributed by atoms with van der Waals surface area (Å²) in [4.78, 5) is 90.5. The van der Waals surface area contributed by atoms with E-state index in [-0.39, 0.29) is 162 Å². The van der Waals surface area contributed by atoms with Crippen LogP contribution in [0.5, 0.6) is 0 Å². The van der Waals surface area contributed by atoms with E-state index in [2.05, 4.69) is 47.6 Å². The van der Waals surface area contributed by atoms with Gasteiger partial charge in [0.05, 0.1) is 71.6 Å². The predicted octanol–water partition coefficient (Wildman–Crippen LogP) is -1.17. The fourth-order valence-corrected chi connectivity index (χ4v) is 25.0. The van der Waals surface area contributed by atoms with E-state index in [0.717, 1.165) is 50.0 Å². The maximum absolute atomic E-state index is 12.0. The van der Waals surface area contributed by atoms with Gasteiger partial charge in [-0.25, -0.2) is 19.2 Å². The number of esters is 4. The highest BCUT2D eigenvalue weighted by Crippen LogP contribution is 2.65. The van der Waals surface area contributed by atoms with E-state index in [1.54, 1.807) is 6.92 Å². The first-order valence-corrected chi connectivity index (χ1v) is 37.5. The molecule has 8 saturated carbocycles. The van der Waals surface area contributed by atoms with Crippen LogP contribution in [0.2, 0.25) is 0 Å². The van der Waals surface area contributed by atoms with E-state index in [9.17, 15) is 72.0 Å². The van der Waals surface area contributed by atoms with Crippen LogP contribution < -0.4 is 21.3 Å². The minimum atomic E-state index is -3.53. The minimum Gasteiger partial charge on any atom is -0.461 e. The van der Waals surface area contributed by atoms with Crippen LogP contribution in [0.15, 0.2) is 50.6 Å². The molecule has 0 aromatic heterocycles. The molecule has 36 heteroatoms. The first-order valence-electron chi connectivity index (χ1n) is 31.6. The van der Waals surface area contributed by atoms with Gasteiger partial charge in [0.25, 0.3) is 40.5 Å². The lowest BCUT2D eigenvalue weighted by atomic mass is 9.82. The van der Waals surface area contributed by atoms with E-state index in [0.29, 0.717) is 19.3 Å². The zero-order valence-electron chi connectivity index (χ0n) is 53.5. The maximum atomic E-state index is 12.0. The average molecular weight is 1440 g/mol. The highest BCUT2D eigenvalue weighted by molar-refractivity contribution is 7.88. The SMILES string of the molecule is C=CC(=O)OCCNC(=O)COC1C2CC3C(C)(C2)C1OS3(=O)=O.C=CC(=O)OCCNC(=O)COC1C2CC3C(C2)S(=O)(=O)OC31C.C=CC(=O)OCCNC(=O)COC1C2CC3C1OS(=O)(=O)C3C2C.C=CC(=O)OCCNC(=O)COC1C2OS(=O)(=O)C3CC1(C)CC23. The van der Waals surface area contributed by atoms with Gasteiger partial charge in [0.1, 0.15) is 76.8 Å². The normalized spacial score (nSPS) is 38.0. The second kappa shape index (κ2) is 29.6. The van der Waals surface area contributed by atoms with Crippen molar-refractivity contribution in [1.82, 2.24) is 21.3 Å². The second-order valence-electron chi connectivity index (χ2n) is 26.5. The van der Waals surface area contributed by atoms with Gasteiger partial charge < -0.3 is 59.2 Å². The second-order valence-corrected chi connectivity index (χ2v) is 33.5. The van der Waals surface area contributed by atoms with Crippen LogP contribution in [0, 0.1) is 52.3 Å². The van der Waals surface area contributed by atoms with Gasteiger partial charge in [-0.3, -0.25) is 35.9 Å². The molecule has 96 heavy (non-hydrogen) atoms. The van der Waals surface area contributed by atoms with Crippen molar-refractivity contribution in [3.63, 3.8) is 0 Å². The van der Waals surface area contributed by atoms with Gasteiger partial charge in [0.2, 0.25) is 23.6 Å². The molecule has 12 rings (SSSR count). The number of carbonyl (C=O) groups is 8. The molecule has 4 aliphatic heterocycles. The molecular weight excluding hydrogens is 1350 g/mol. The Kier molecular flexibility index (Phi) is 22.9. The number of ether oxygens (including phenoxy) is 8. The Balaban J connectivity index is 0.000000150. The van der Waals surface area contributed by atoms with Crippen LogP contribution in [-0.4, -0.2) is 230 Å². The van der Waals surface area contributed by atoms with Crippen molar-refractivity contribution in [3.8, 4) is 0 Å². The molecule has 12 aliphatic rings. The van der Waals surface area contributed by atoms with Crippen LogP contribution in [-0.2, 0) is 133 Å². The third-order valence-corrected chi connectivity index (χ3v) is 28.1. The highest BCUT2D eigenvalue weighted by Gasteiger charge is 2.73. The average Bonchev–Trinajstić information content (AvgIpc) is 1.56. The van der Waals surface area contributed by atoms with E-state index >= 15 is 0 Å². The van der Waals surface area contributed by atoms with E-state index in [4.69, 9.17) is 54.6 Å². The van der Waals surface area contributed by atoms with Crippen molar-refractivity contribution in [3.05, 3.63) is 50.6 Å². The molecule has 21 atom stereocenters. The first-order chi connectivity index (χ1) is 45.2. The zero-order chi connectivity index (χ0) is 70.1. The van der Waals surface area contributed by atoms with Gasteiger partial charge >= 0.3 is 23.9 Å². The number of rotatable bonds is 28. The molecule has 0 aromatic carbocycles. The molecule has 4 heterocycles. The Morgan fingerprint density at radius 1 is 0.479 bits per heavy atom. The Morgan fingerprint density at radius 2 is 0.948 bits per heavy atom. The van der Waals surface area contributed by atoms with Gasteiger partial charge in [-0.1, -0.05) is 47.1 Å². The number of amides is 4. The lowest BCUT2D eigenvalue weighted by Crippen LogP contribution is -2.47. The number of fused-ring (bicyclic) bond motifs is 4. The van der Waals surface area contributed by atoms with Gasteiger partial charge in [-0.05, 0) is 81.0 Å². The molecule has 4 N–H and O–H groups in total. The van der Waals surface area contributed by atoms with Gasteiger partial charge in [-0.2, -0.15) is 33.7 Å². The van der Waals surface area contributed by atoms with Crippen molar-refractivity contribution < 1.29 is 127 Å². The first kappa shape index (κ1) is 74.4. The molecule has 12 fully saturated rings. The van der Waals surface area contributed by atoms with Crippen LogP contribution in [0.4, 0.5) is 0 Å². The van der Waals surface area contributed by atoms with E-state index in [1.165, 1.54) is 0 Å². The molecule has 4 saturated heterocycles. The fourth-order valence-electron chi connectivity index (χ4n) is 16.7. The largest absolute Gasteiger partial charge is 0.461 e. The minimum absolute atomic E-state index is 0.0230. The van der Waals surface area contributed by atoms with Crippen LogP contribution >= 0.6 is 0 Å². The van der Waals surface area contributed by atoms with Crippen molar-refractivity contribution in [2.75, 3.05) is 79.0 Å². The summed E-state index contributed by atoms with van der Waals surface area (Å²) in [7, 11) is -14.1. The molecule has 8 bridgehead atoms. The molecule has 21 unspecified atom stereocenters. The lowest BCUT2D eigenvalue weighted by molar-refractivity contribution is -0.140. The Hall–Kier alpha value is -5.80. The molecular formula is C60H84N4O28S4. The molecule has 0 aromatic rings. The third-order valence-electron chi connectivity index (χ3n) is 20.6. The fraction of sp³-hybridized carbons (Fsp3) is 0.733. The molecule has 0 spiro atoms. The summed E-state index contributed by atoms with van der Waals surface area (Å²) in [5.41, 5.74) is -1.56. The standard InChI is InChI=1S/4C15H21NO7S/c1-3-12(18)21-5-4-16-11(17)8-22-14-13-9-6-15(14,2)7-10(9)24(19,20)23-13;1-3-12(18)21-5-4-16-11(17)8-22-13-9-6-10-15(2,7-9)14(13)23-24(10,19)20;1-3-13(18)21-5-4-16-12(17)8-22-14-9-6-10-11(7-9)24(19,20)23-15(10,14)2;1-3-12(18)21-5-4-16-11(17)7-22-13-9-6-10-14(13)23-24(19,20)15(10)8(9)2/h2*3,9-10,13-14H,1,4-8H2,2H3,(H,16,17);3,9-11,14H,1,4-8H2,2H3,(H,16,17);3,8-10,13-15H,1,4-7H2,2H3,(H,16,17). The molecule has 536 valence electrons. The molecule has 32 nitrogen and oxygen atoms in total. The topological polar surface area (TPSA) is 432 Å². The Morgan fingerprint density at radius 3 is 1.45 bits per heavy atom. The highest BCUT2D eigenvalue weighted by atomic mass is 32.2. The summed E-state index contributed by atoms with van der Waals surface area (Å²) < 4.78 is 159. The number of nitrogens with one attached hydrogen (secondary N) is 4. The summed E-state index contributed by atoms with van der Waals surface area (Å²) >= 11 is 0. The molecule has 0 radical (unpaired) electrons. The summed E-state index contributed by atoms with van der Waals surface area (Å²) in [6.45, 7) is 20.8. The van der Waals surface area contributed by atoms with Crippen molar-refractivity contribution in [2.24, 2.45) is 52.3 Å². The third kappa shape index (κ3) is 15.5.